The molecule has 4 rings (SSSR count). The molecule has 0 aliphatic carbocycles. The summed E-state index contributed by atoms with van der Waals surface area (Å²) < 4.78 is 41.0. The Balaban J connectivity index is 1.62. The molecule has 174 valence electrons. The highest BCUT2D eigenvalue weighted by atomic mass is 19.4. The van der Waals surface area contributed by atoms with Crippen molar-refractivity contribution in [1.29, 1.82) is 0 Å². The smallest absolute Gasteiger partial charge is 0.325 e. The zero-order chi connectivity index (χ0) is 23.8. The van der Waals surface area contributed by atoms with Crippen LogP contribution < -0.4 is 10.6 Å². The first-order valence-corrected chi connectivity index (χ1v) is 10.9. The molecule has 2 N–H and O–H groups in total. The topological polar surface area (TPSA) is 59.0 Å². The molecule has 1 fully saturated rings. The lowest BCUT2D eigenvalue weighted by Gasteiger charge is -2.21. The third-order valence-electron chi connectivity index (χ3n) is 5.90. The van der Waals surface area contributed by atoms with Gasteiger partial charge in [-0.3, -0.25) is 14.8 Å². The van der Waals surface area contributed by atoms with Gasteiger partial charge in [0.05, 0.1) is 22.8 Å². The maximum atomic E-state index is 13.0. The Kier molecular flexibility index (Phi) is 6.05. The molecule has 1 aliphatic heterocycles. The van der Waals surface area contributed by atoms with Gasteiger partial charge in [0.2, 0.25) is 5.91 Å². The highest BCUT2D eigenvalue weighted by Crippen LogP contribution is 2.41. The van der Waals surface area contributed by atoms with Gasteiger partial charge in [-0.2, -0.15) is 18.3 Å². The third kappa shape index (κ3) is 5.11. The van der Waals surface area contributed by atoms with E-state index in [9.17, 15) is 18.0 Å². The molecule has 1 aliphatic rings. The van der Waals surface area contributed by atoms with Crippen molar-refractivity contribution in [1.82, 2.24) is 15.1 Å². The molecule has 0 saturated carbocycles. The van der Waals surface area contributed by atoms with Crippen LogP contribution in [0, 0.1) is 0 Å². The number of nitrogens with zero attached hydrogens (tertiary/aromatic N) is 2. The van der Waals surface area contributed by atoms with Crippen molar-refractivity contribution in [2.24, 2.45) is 0 Å². The van der Waals surface area contributed by atoms with E-state index in [1.54, 1.807) is 0 Å². The summed E-state index contributed by atoms with van der Waals surface area (Å²) in [6.07, 6.45) is -2.02. The molecule has 1 aromatic heterocycles. The number of aromatic nitrogens is 2. The molecule has 0 radical (unpaired) electrons. The van der Waals surface area contributed by atoms with Crippen molar-refractivity contribution in [3.8, 4) is 0 Å². The highest BCUT2D eigenvalue weighted by molar-refractivity contribution is 5.95. The Labute approximate surface area is 191 Å². The van der Waals surface area contributed by atoms with Crippen molar-refractivity contribution in [2.75, 3.05) is 5.32 Å². The first-order chi connectivity index (χ1) is 15.5. The van der Waals surface area contributed by atoms with Gasteiger partial charge in [0.1, 0.15) is 0 Å². The van der Waals surface area contributed by atoms with Gasteiger partial charge in [-0.15, -0.1) is 0 Å². The summed E-state index contributed by atoms with van der Waals surface area (Å²) in [7, 11) is 0. The second-order valence-electron chi connectivity index (χ2n) is 9.37. The fourth-order valence-electron chi connectivity index (χ4n) is 4.13. The van der Waals surface area contributed by atoms with Crippen molar-refractivity contribution < 1.29 is 18.0 Å². The zero-order valence-electron chi connectivity index (χ0n) is 18.7. The van der Waals surface area contributed by atoms with Gasteiger partial charge in [0.15, 0.2) is 0 Å². The summed E-state index contributed by atoms with van der Waals surface area (Å²) in [5, 5.41) is 11.0. The number of rotatable bonds is 4. The number of anilines is 1. The van der Waals surface area contributed by atoms with Crippen LogP contribution in [0.2, 0.25) is 0 Å². The fraction of sp³-hybridized carbons (Fsp3) is 0.360. The number of alkyl halides is 3. The molecule has 0 bridgehead atoms. The summed E-state index contributed by atoms with van der Waals surface area (Å²) in [5.41, 5.74) is 1.27. The maximum Gasteiger partial charge on any atom is 0.416 e. The Morgan fingerprint density at radius 1 is 1.03 bits per heavy atom. The molecule has 5 nitrogen and oxygen atoms in total. The van der Waals surface area contributed by atoms with E-state index in [4.69, 9.17) is 5.10 Å². The molecule has 33 heavy (non-hydrogen) atoms. The second-order valence-corrected chi connectivity index (χ2v) is 9.37. The molecule has 8 heteroatoms. The first-order valence-electron chi connectivity index (χ1n) is 10.9. The van der Waals surface area contributed by atoms with Gasteiger partial charge in [-0.05, 0) is 63.1 Å². The van der Waals surface area contributed by atoms with Crippen molar-refractivity contribution >= 4 is 11.6 Å². The molecule has 1 unspecified atom stereocenters. The Morgan fingerprint density at radius 2 is 1.70 bits per heavy atom. The van der Waals surface area contributed by atoms with Crippen LogP contribution in [0.1, 0.15) is 56.0 Å². The third-order valence-corrected chi connectivity index (χ3v) is 5.90. The molecule has 3 aromatic rings. The number of hydrogen-bond donors (Lipinski definition) is 2. The molecule has 0 spiro atoms. The monoisotopic (exact) mass is 456 g/mol. The van der Waals surface area contributed by atoms with Crippen LogP contribution in [0.25, 0.3) is 0 Å². The van der Waals surface area contributed by atoms with Crippen LogP contribution in [0.15, 0.2) is 66.9 Å². The van der Waals surface area contributed by atoms with Gasteiger partial charge < -0.3 is 5.32 Å². The first kappa shape index (κ1) is 23.0. The van der Waals surface area contributed by atoms with Crippen LogP contribution >= 0.6 is 0 Å². The van der Waals surface area contributed by atoms with E-state index in [-0.39, 0.29) is 23.4 Å². The summed E-state index contributed by atoms with van der Waals surface area (Å²) in [6, 6.07) is 15.3. The predicted molar refractivity (Wildman–Crippen MR) is 121 cm³/mol. The SMILES string of the molecule is CC(C)(C)n1ccc(C2C[C@@H](C(=O)Nc3ccccc3)N[C@H]2c2ccc(C(F)(F)F)cc2)n1. The van der Waals surface area contributed by atoms with Gasteiger partial charge in [-0.25, -0.2) is 0 Å². The summed E-state index contributed by atoms with van der Waals surface area (Å²) in [4.78, 5) is 13.0. The predicted octanol–water partition coefficient (Wildman–Crippen LogP) is 5.48. The minimum Gasteiger partial charge on any atom is -0.325 e. The van der Waals surface area contributed by atoms with E-state index in [2.05, 4.69) is 10.6 Å². The van der Waals surface area contributed by atoms with E-state index in [1.165, 1.54) is 12.1 Å². The molecule has 1 saturated heterocycles. The van der Waals surface area contributed by atoms with Gasteiger partial charge in [0, 0.05) is 23.8 Å². The Bertz CT molecular complexity index is 1100. The number of amides is 1. The summed E-state index contributed by atoms with van der Waals surface area (Å²) in [5.74, 6) is -0.354. The lowest BCUT2D eigenvalue weighted by molar-refractivity contribution is -0.137. The number of carbonyl (C=O) groups excluding carboxylic acids is 1. The minimum atomic E-state index is -4.40. The number of benzene rings is 2. The van der Waals surface area contributed by atoms with Gasteiger partial charge in [-0.1, -0.05) is 30.3 Å². The fourth-order valence-corrected chi connectivity index (χ4v) is 4.13. The average Bonchev–Trinajstić information content (AvgIpc) is 3.41. The van der Waals surface area contributed by atoms with Gasteiger partial charge >= 0.3 is 6.18 Å². The maximum absolute atomic E-state index is 13.0. The molecular formula is C25H27F3N4O. The van der Waals surface area contributed by atoms with Crippen LogP contribution in [0.3, 0.4) is 0 Å². The highest BCUT2D eigenvalue weighted by Gasteiger charge is 2.41. The number of halogens is 3. The standard InChI is InChI=1S/C25H27F3N4O/c1-24(2,3)32-14-13-20(31-32)19-15-21(23(33)29-18-7-5-4-6-8-18)30-22(19)16-9-11-17(12-10-16)25(26,27)28/h4-14,19,21-22,30H,15H2,1-3H3,(H,29,33)/t19?,21-,22-/m0/s1. The normalized spacial score (nSPS) is 21.2. The summed E-state index contributed by atoms with van der Waals surface area (Å²) >= 11 is 0. The van der Waals surface area contributed by atoms with Crippen molar-refractivity contribution in [3.05, 3.63) is 83.7 Å². The summed E-state index contributed by atoms with van der Waals surface area (Å²) in [6.45, 7) is 6.13. The van der Waals surface area contributed by atoms with Crippen LogP contribution in [-0.2, 0) is 16.5 Å². The van der Waals surface area contributed by atoms with Crippen molar-refractivity contribution in [2.45, 2.75) is 56.9 Å². The second kappa shape index (κ2) is 8.67. The Hall–Kier alpha value is -3.13. The van der Waals surface area contributed by atoms with Crippen LogP contribution in [0.4, 0.5) is 18.9 Å². The largest absolute Gasteiger partial charge is 0.416 e. The molecule has 3 atom stereocenters. The molecule has 2 heterocycles. The van der Waals surface area contributed by atoms with E-state index in [1.807, 2.05) is 68.0 Å². The lowest BCUT2D eigenvalue weighted by atomic mass is 9.90. The van der Waals surface area contributed by atoms with Gasteiger partial charge in [0.25, 0.3) is 0 Å². The number of para-hydroxylation sites is 1. The van der Waals surface area contributed by atoms with Crippen LogP contribution in [0.5, 0.6) is 0 Å². The quantitative estimate of drug-likeness (QED) is 0.546. The van der Waals surface area contributed by atoms with Crippen molar-refractivity contribution in [3.63, 3.8) is 0 Å². The number of nitrogens with one attached hydrogen (secondary N) is 2. The van der Waals surface area contributed by atoms with E-state index in [0.29, 0.717) is 17.7 Å². The Morgan fingerprint density at radius 3 is 2.27 bits per heavy atom. The number of hydrogen-bond acceptors (Lipinski definition) is 3. The average molecular weight is 457 g/mol. The van der Waals surface area contributed by atoms with E-state index in [0.717, 1.165) is 17.8 Å². The van der Waals surface area contributed by atoms with E-state index < -0.39 is 17.8 Å². The molecular weight excluding hydrogens is 429 g/mol. The van der Waals surface area contributed by atoms with Crippen LogP contribution in [-0.4, -0.2) is 21.7 Å². The number of carbonyl (C=O) groups is 1. The molecule has 1 amide bonds. The zero-order valence-corrected chi connectivity index (χ0v) is 18.7. The van der Waals surface area contributed by atoms with E-state index >= 15 is 0 Å². The lowest BCUT2D eigenvalue weighted by Crippen LogP contribution is -2.36. The minimum absolute atomic E-state index is 0.170. The molecule has 2 aromatic carbocycles.